The molecule has 15 N–H and O–H groups in total. The van der Waals surface area contributed by atoms with Crippen molar-refractivity contribution in [2.75, 3.05) is 118 Å². The van der Waals surface area contributed by atoms with Crippen molar-refractivity contribution >= 4 is 78.1 Å². The van der Waals surface area contributed by atoms with Gasteiger partial charge in [0.05, 0.1) is 47.2 Å². The molecule has 36 nitrogen and oxygen atoms in total. The lowest BCUT2D eigenvalue weighted by Crippen LogP contribution is -2.40. The third kappa shape index (κ3) is 31.9. The van der Waals surface area contributed by atoms with Crippen molar-refractivity contribution in [3.8, 4) is 0 Å². The van der Waals surface area contributed by atoms with Gasteiger partial charge in [0.25, 0.3) is 27.8 Å². The van der Waals surface area contributed by atoms with Gasteiger partial charge in [-0.25, -0.2) is 19.2 Å². The van der Waals surface area contributed by atoms with Crippen LogP contribution < -0.4 is 61.2 Å². The lowest BCUT2D eigenvalue weighted by atomic mass is 10.0. The Labute approximate surface area is 747 Å². The maximum atomic E-state index is 12.4. The summed E-state index contributed by atoms with van der Waals surface area (Å²) in [6, 6.07) is 0. The molecule has 5 fully saturated rings. The molecule has 0 amide bonds. The monoisotopic (exact) mass is 1900 g/mol. The molecule has 20 atom stereocenters. The molecule has 0 aliphatic carbocycles. The van der Waals surface area contributed by atoms with Crippen LogP contribution in [0.25, 0.3) is 0 Å². The first kappa shape index (κ1) is 110. The van der Waals surface area contributed by atoms with Crippen molar-refractivity contribution in [2.24, 2.45) is 14.1 Å². The smallest absolute Gasteiger partial charge is 0.330 e. The van der Waals surface area contributed by atoms with E-state index in [1.807, 2.05) is 46.8 Å². The molecule has 0 bridgehead atoms. The zero-order valence-corrected chi connectivity index (χ0v) is 82.4. The molecule has 718 valence electrons. The van der Waals surface area contributed by atoms with Gasteiger partial charge in [0.1, 0.15) is 79.4 Å². The summed E-state index contributed by atoms with van der Waals surface area (Å²) in [7, 11) is 4.37. The normalized spacial score (nSPS) is 26.6. The van der Waals surface area contributed by atoms with Crippen LogP contribution in [0.1, 0.15) is 139 Å². The number of aromatic amines is 4. The van der Waals surface area contributed by atoms with E-state index >= 15 is 0 Å². The Balaban J connectivity index is 0.000000246. The number of ether oxygens (including phenoxy) is 6. The molecule has 5 saturated heterocycles. The number of nitrogens with zero attached hydrogens (tertiary/aromatic N) is 6. The SMILES string of the molecule is C=P(C)(C)CC[C@H]1O[C@@H](c2cn(C)c(=O)n(C)c2=O)[C@H](O)[C@@H]1O.C=P(C)(C)CC[C@H]1O[C@@H](c2cn(CC)c(=O)[nH]c2=O)[C@H](O)[C@@H]1O.C=P(C)(C)CC[C@H]1O[C@@H](c2cn(CCC)c(=O)[nH]c2=O)[C@H](O)[C@@H]1O.C=P(C)(C)CC[C@H]1O[C@@H](n2cc(CNCC=C(C)C)c(=O)[nH]c2=O)[C@H](OC)[C@@H]1O.C=P(C)(C)CC[C@H]1O[C@@H](n2cc(CNCC=C(C)C)c(=O)[nH]c2=S)[C@H](O)[C@@H]1O. The minimum absolute atomic E-state index is 0.153. The molecule has 5 aromatic heterocycles. The third-order valence-electron chi connectivity index (χ3n) is 22.0. The summed E-state index contributed by atoms with van der Waals surface area (Å²) in [5.41, 5.74) is -0.708. The van der Waals surface area contributed by atoms with Crippen molar-refractivity contribution in [1.82, 2.24) is 58.0 Å². The van der Waals surface area contributed by atoms with Crippen LogP contribution in [-0.4, -0.2) is 334 Å². The van der Waals surface area contributed by atoms with Gasteiger partial charge in [-0.3, -0.25) is 57.6 Å². The highest BCUT2D eigenvalue weighted by molar-refractivity contribution is 7.73. The van der Waals surface area contributed by atoms with Crippen LogP contribution in [0.3, 0.4) is 0 Å². The molecule has 5 aliphatic rings. The van der Waals surface area contributed by atoms with Gasteiger partial charge in [-0.15, -0.1) is 65.9 Å². The first-order valence-corrected chi connectivity index (χ1v) is 58.1. The van der Waals surface area contributed by atoms with Crippen LogP contribution in [0.5, 0.6) is 0 Å². The number of methoxy groups -OCH3 is 1. The molecule has 5 aromatic rings. The minimum atomic E-state index is -1.28. The van der Waals surface area contributed by atoms with E-state index in [9.17, 15) is 89.1 Å². The predicted octanol–water partition coefficient (Wildman–Crippen LogP) is 2.02. The first-order chi connectivity index (χ1) is 58.8. The highest BCUT2D eigenvalue weighted by Crippen LogP contribution is 2.45. The van der Waals surface area contributed by atoms with Gasteiger partial charge < -0.3 is 98.7 Å². The second-order valence-corrected chi connectivity index (χ2v) is 59.2. The zero-order valence-electron chi connectivity index (χ0n) is 77.1. The summed E-state index contributed by atoms with van der Waals surface area (Å²) in [4.78, 5) is 118. The van der Waals surface area contributed by atoms with Crippen molar-refractivity contribution in [3.05, 3.63) is 181 Å². The van der Waals surface area contributed by atoms with Gasteiger partial charge in [0, 0.05) is 103 Å². The number of nitrogens with one attached hydrogen (secondary N) is 6. The minimum Gasteiger partial charge on any atom is -0.388 e. The Morgan fingerprint density at radius 1 is 0.449 bits per heavy atom. The number of aromatic nitrogens is 10. The van der Waals surface area contributed by atoms with Crippen LogP contribution >= 0.6 is 46.6 Å². The highest BCUT2D eigenvalue weighted by Gasteiger charge is 2.49. The average Bonchev–Trinajstić information content (AvgIpc) is 1.63. The van der Waals surface area contributed by atoms with E-state index < -0.39 is 202 Å². The topological polar surface area (TPSA) is 508 Å². The Bertz CT molecular complexity index is 5500. The highest BCUT2D eigenvalue weighted by atomic mass is 32.1. The average molecular weight is 1900 g/mol. The molecule has 0 aromatic carbocycles. The number of H-pyrrole nitrogens is 4. The van der Waals surface area contributed by atoms with Crippen LogP contribution in [0, 0.1) is 4.77 Å². The Hall–Kier alpha value is -5.88. The molecular formula is C85H143N12O24P5S. The van der Waals surface area contributed by atoms with Crippen LogP contribution in [0.15, 0.2) is 97.4 Å². The summed E-state index contributed by atoms with van der Waals surface area (Å²) in [6.45, 7) is 29.1. The maximum absolute atomic E-state index is 12.4. The summed E-state index contributed by atoms with van der Waals surface area (Å²) < 4.78 is 42.6. The van der Waals surface area contributed by atoms with Gasteiger partial charge >= 0.3 is 22.8 Å². The van der Waals surface area contributed by atoms with E-state index in [0.717, 1.165) is 41.8 Å². The Morgan fingerprint density at radius 3 is 1.18 bits per heavy atom. The number of aryl methyl sites for hydroxylation is 3. The maximum Gasteiger partial charge on any atom is 0.330 e. The molecule has 0 unspecified atom stereocenters. The second kappa shape index (κ2) is 47.7. The lowest BCUT2D eigenvalue weighted by molar-refractivity contribution is -0.0542. The summed E-state index contributed by atoms with van der Waals surface area (Å²) in [6.07, 6.45) is 22.4. The number of allylic oxidation sites excluding steroid dienone is 2. The van der Waals surface area contributed by atoms with Crippen LogP contribution in [0.2, 0.25) is 0 Å². The van der Waals surface area contributed by atoms with E-state index in [4.69, 9.17) is 40.6 Å². The standard InChI is InChI=1S/C20H34N3O5P.C19H32N3O4PS.C16H27N2O5P.2C15H25N2O5P/c1-13(2)7-9-21-11-14-12-23(20(26)22-18(14)25)19-17(27-3)16(24)15(28-19)8-10-29(4,5)6;1-12(2)6-8-20-10-13-11-22(19(28)21-17(13)25)18-16(24)15(23)14(26-18)7-9-27(3,4)5;1-5-7-18-9-10(15(21)17-16(18)22)14-13(20)12(19)11(23-14)6-8-24(2,3)4;1-16-8-9(14(20)17(2)15(16)21)13-12(19)11(18)10(22-13)6-7-23(3,4)5;1-5-17-8-9(14(20)16-15(17)21)13-12(19)11(18)10(22-13)6-7-23(2,3)4/h7,12,15-17,19,21,24H,4,8-11H2,1-3,5-6H3,(H,22,25,26);6,11,14-16,18,20,23-24H,3,7-10H2,1-2,4-5H3,(H,21,25,28);9,11-14,19-20H,2,5-8H2,1,3-4H3,(H,17,21,22);8,10-13,18-19H,3,6-7H2,1-2,4-5H3;8,10-13,18-19H,2,5-7H2,1,3-4H3,(H,16,20,21)/t15-,16-,17-,19-;14-,15-,16-,18-;11-,12-,13-,14+;2*10-,11-,12-,13+/m11111/s1. The lowest BCUT2D eigenvalue weighted by Gasteiger charge is -2.21. The van der Waals surface area contributed by atoms with Crippen LogP contribution in [-0.2, 0) is 68.7 Å². The first-order valence-electron chi connectivity index (χ1n) is 42.4. The van der Waals surface area contributed by atoms with Crippen molar-refractivity contribution in [2.45, 2.75) is 229 Å². The molecule has 0 spiro atoms. The summed E-state index contributed by atoms with van der Waals surface area (Å²) in [5, 5.41) is 99.4. The van der Waals surface area contributed by atoms with Gasteiger partial charge in [-0.05, 0) is 183 Å². The van der Waals surface area contributed by atoms with Crippen LogP contribution in [0.4, 0.5) is 0 Å². The fourth-order valence-corrected chi connectivity index (χ4v) is 19.5. The van der Waals surface area contributed by atoms with Gasteiger partial charge in [-0.2, -0.15) is 0 Å². The van der Waals surface area contributed by atoms with Crippen molar-refractivity contribution < 1.29 is 74.4 Å². The summed E-state index contributed by atoms with van der Waals surface area (Å²) in [5.74, 6) is 0. The number of rotatable bonds is 32. The molecule has 10 heterocycles. The van der Waals surface area contributed by atoms with E-state index in [0.29, 0.717) is 82.5 Å². The fourth-order valence-electron chi connectivity index (χ4n) is 14.5. The Kier molecular flexibility index (Phi) is 41.2. The van der Waals surface area contributed by atoms with Crippen molar-refractivity contribution in [1.29, 1.82) is 0 Å². The molecule has 42 heteroatoms. The largest absolute Gasteiger partial charge is 0.388 e. The second-order valence-electron chi connectivity index (χ2n) is 37.2. The van der Waals surface area contributed by atoms with E-state index in [1.54, 1.807) is 13.1 Å². The third-order valence-corrected chi connectivity index (χ3v) is 29.6. The van der Waals surface area contributed by atoms with Gasteiger partial charge in [0.2, 0.25) is 0 Å². The molecule has 127 heavy (non-hydrogen) atoms. The van der Waals surface area contributed by atoms with E-state index in [2.05, 4.69) is 129 Å². The molecule has 0 radical (unpaired) electrons. The van der Waals surface area contributed by atoms with Gasteiger partial charge in [-0.1, -0.05) is 30.2 Å². The quantitative estimate of drug-likeness (QED) is 0.0127. The van der Waals surface area contributed by atoms with Crippen molar-refractivity contribution in [3.63, 3.8) is 0 Å². The van der Waals surface area contributed by atoms with Gasteiger partial charge in [0.15, 0.2) is 17.2 Å². The molecule has 10 rings (SSSR count). The molecule has 5 aliphatic heterocycles. The number of aliphatic hydroxyl groups excluding tert-OH is 9. The zero-order chi connectivity index (χ0) is 95.8. The fraction of sp³-hybridized carbons (Fsp3) is 0.659. The number of hydrogen-bond acceptors (Lipinski definition) is 27. The summed E-state index contributed by atoms with van der Waals surface area (Å²) >= 11 is 5.26. The number of aliphatic hydroxyl groups is 9. The molecule has 0 saturated carbocycles. The Morgan fingerprint density at radius 2 is 0.795 bits per heavy atom. The van der Waals surface area contributed by atoms with E-state index in [1.165, 1.54) is 80.0 Å². The predicted molar refractivity (Wildman–Crippen MR) is 517 cm³/mol. The van der Waals surface area contributed by atoms with E-state index in [-0.39, 0.29) is 27.0 Å². The number of hydrogen-bond donors (Lipinski definition) is 15. The molecular weight excluding hydrogens is 1760 g/mol.